The van der Waals surface area contributed by atoms with Gasteiger partial charge in [0, 0.05) is 0 Å². The Labute approximate surface area is 123 Å². The first-order valence-electron chi connectivity index (χ1n) is 3.34. The molecule has 0 amide bonds. The molecule has 102 valence electrons. The van der Waals surface area contributed by atoms with Gasteiger partial charge in [-0.1, -0.05) is 0 Å². The Balaban J connectivity index is -0.000000321. The molecule has 0 rings (SSSR count). The molecule has 0 radical (unpaired) electrons. The van der Waals surface area contributed by atoms with Gasteiger partial charge in [0.1, 0.15) is 0 Å². The minimum absolute atomic E-state index is 0. The first-order valence-corrected chi connectivity index (χ1v) is 6.21. The summed E-state index contributed by atoms with van der Waals surface area (Å²) in [5.74, 6) is -3.50. The van der Waals surface area contributed by atoms with Crippen LogP contribution >= 0.6 is 0 Å². The number of rotatable bonds is 4. The van der Waals surface area contributed by atoms with Gasteiger partial charge in [-0.05, 0) is 0 Å². The van der Waals surface area contributed by atoms with Crippen molar-refractivity contribution in [1.82, 2.24) is 0 Å². The summed E-state index contributed by atoms with van der Waals surface area (Å²) in [6.45, 7) is 0. The third kappa shape index (κ3) is 18.1. The fourth-order valence-corrected chi connectivity index (χ4v) is 1.09. The molecule has 0 fully saturated rings. The Bertz CT molecular complexity index is 467. The largest absolute Gasteiger partial charge is 1.00 e. The Hall–Kier alpha value is -0.280. The maximum absolute atomic E-state index is 10.2. The van der Waals surface area contributed by atoms with Gasteiger partial charge in [0.2, 0.25) is 10.4 Å². The number of hydrogen-bond acceptors (Lipinski definition) is 7. The minimum atomic E-state index is -4.92. The van der Waals surface area contributed by atoms with Crippen LogP contribution in [0.4, 0.5) is 0 Å². The summed E-state index contributed by atoms with van der Waals surface area (Å²) in [6, 6.07) is 0. The molecule has 0 spiro atoms. The van der Waals surface area contributed by atoms with Gasteiger partial charge in [-0.3, -0.25) is 18.7 Å². The van der Waals surface area contributed by atoms with E-state index < -0.39 is 44.1 Å². The van der Waals surface area contributed by atoms with Crippen LogP contribution in [-0.4, -0.2) is 57.9 Å². The van der Waals surface area contributed by atoms with Gasteiger partial charge in [0.05, 0.1) is 6.42 Å². The molecule has 18 heavy (non-hydrogen) atoms. The number of carbonyl (C=O) groups is 2. The second kappa shape index (κ2) is 8.76. The molecule has 0 saturated carbocycles. The summed E-state index contributed by atoms with van der Waals surface area (Å²) in [7, 11) is -9.76. The van der Waals surface area contributed by atoms with Crippen LogP contribution < -0.4 is 29.6 Å². The summed E-state index contributed by atoms with van der Waals surface area (Å²) in [6.07, 6.45) is -1.16. The minimum Gasteiger partial charge on any atom is -0.726 e. The van der Waals surface area contributed by atoms with Crippen LogP contribution in [0, 0.1) is 0 Å². The van der Waals surface area contributed by atoms with Crippen LogP contribution in [0.15, 0.2) is 0 Å². The second-order valence-electron chi connectivity index (χ2n) is 2.37. The van der Waals surface area contributed by atoms with Crippen molar-refractivity contribution in [2.24, 2.45) is 0 Å². The SMILES string of the molecule is O=C(O)CC(C(=O)O)S(=O)(=O)O.O=S(=O)([O-])O.[Na+]. The monoisotopic (exact) mass is 318 g/mol. The van der Waals surface area contributed by atoms with Crippen molar-refractivity contribution >= 4 is 32.5 Å². The fourth-order valence-electron chi connectivity index (χ4n) is 0.479. The van der Waals surface area contributed by atoms with Crippen molar-refractivity contribution in [2.75, 3.05) is 0 Å². The summed E-state index contributed by atoms with van der Waals surface area (Å²) >= 11 is 0. The third-order valence-electron chi connectivity index (χ3n) is 0.995. The Morgan fingerprint density at radius 2 is 1.33 bits per heavy atom. The summed E-state index contributed by atoms with van der Waals surface area (Å²) < 4.78 is 61.5. The van der Waals surface area contributed by atoms with E-state index in [2.05, 4.69) is 0 Å². The van der Waals surface area contributed by atoms with Crippen molar-refractivity contribution in [1.29, 1.82) is 0 Å². The van der Waals surface area contributed by atoms with Gasteiger partial charge in [-0.15, -0.1) is 0 Å². The van der Waals surface area contributed by atoms with E-state index in [1.165, 1.54) is 0 Å². The van der Waals surface area contributed by atoms with Crippen LogP contribution in [-0.2, 0) is 30.1 Å². The Morgan fingerprint density at radius 3 is 1.39 bits per heavy atom. The molecule has 0 aromatic rings. The van der Waals surface area contributed by atoms with Gasteiger partial charge < -0.3 is 14.8 Å². The summed E-state index contributed by atoms with van der Waals surface area (Å²) in [5, 5.41) is 13.9. The Morgan fingerprint density at radius 1 is 1.06 bits per heavy atom. The van der Waals surface area contributed by atoms with E-state index in [9.17, 15) is 18.0 Å². The first-order chi connectivity index (χ1) is 7.25. The van der Waals surface area contributed by atoms with Crippen LogP contribution in [0.2, 0.25) is 0 Å². The van der Waals surface area contributed by atoms with E-state index in [4.69, 9.17) is 32.3 Å². The normalized spacial score (nSPS) is 12.4. The molecule has 0 aliphatic rings. The van der Waals surface area contributed by atoms with Gasteiger partial charge in [0.15, 0.2) is 5.25 Å². The van der Waals surface area contributed by atoms with Crippen molar-refractivity contribution in [3.63, 3.8) is 0 Å². The van der Waals surface area contributed by atoms with Crippen molar-refractivity contribution < 1.29 is 79.9 Å². The van der Waals surface area contributed by atoms with E-state index in [1.807, 2.05) is 0 Å². The standard InChI is InChI=1S/C4H6O7S.Na.H2O4S/c5-3(6)1-2(4(7)8)12(9,10)11;;1-5(2,3)4/h2H,1H2,(H,5,6)(H,7,8)(H,9,10,11);;(H2,1,2,3,4)/q;+1;/p-1. The number of carboxylic acid groups (broad SMARTS) is 2. The predicted octanol–water partition coefficient (Wildman–Crippen LogP) is -5.19. The molecule has 0 aliphatic heterocycles. The average Bonchev–Trinajstić information content (AvgIpc) is 1.93. The third-order valence-corrected chi connectivity index (χ3v) is 2.08. The zero-order chi connectivity index (χ0) is 14.4. The second-order valence-corrected chi connectivity index (χ2v) is 4.82. The van der Waals surface area contributed by atoms with Gasteiger partial charge in [-0.2, -0.15) is 8.42 Å². The van der Waals surface area contributed by atoms with Crippen LogP contribution in [0.1, 0.15) is 6.42 Å². The van der Waals surface area contributed by atoms with Crippen LogP contribution in [0.5, 0.6) is 0 Å². The first kappa shape index (κ1) is 22.9. The molecule has 0 heterocycles. The molecule has 14 heteroatoms. The van der Waals surface area contributed by atoms with Gasteiger partial charge in [0.25, 0.3) is 10.1 Å². The molecule has 4 N–H and O–H groups in total. The van der Waals surface area contributed by atoms with E-state index in [1.54, 1.807) is 0 Å². The van der Waals surface area contributed by atoms with Crippen LogP contribution in [0.25, 0.3) is 0 Å². The molecular formula is C4H7NaO11S2. The molecule has 0 saturated heterocycles. The molecule has 11 nitrogen and oxygen atoms in total. The Kier molecular flexibility index (Phi) is 11.1. The van der Waals surface area contributed by atoms with Crippen molar-refractivity contribution in [2.45, 2.75) is 11.7 Å². The topological polar surface area (TPSA) is 206 Å². The number of carboxylic acids is 2. The number of hydrogen-bond donors (Lipinski definition) is 4. The molecule has 0 aromatic carbocycles. The fraction of sp³-hybridized carbons (Fsp3) is 0.500. The molecule has 0 bridgehead atoms. The molecular weight excluding hydrogens is 311 g/mol. The molecule has 0 aliphatic carbocycles. The summed E-state index contributed by atoms with van der Waals surface area (Å²) in [4.78, 5) is 20.0. The zero-order valence-electron chi connectivity index (χ0n) is 8.75. The van der Waals surface area contributed by atoms with Gasteiger partial charge in [-0.25, -0.2) is 8.42 Å². The van der Waals surface area contributed by atoms with E-state index in [0.717, 1.165) is 0 Å². The zero-order valence-corrected chi connectivity index (χ0v) is 12.4. The van der Waals surface area contributed by atoms with E-state index in [0.29, 0.717) is 0 Å². The number of aliphatic carboxylic acids is 2. The van der Waals surface area contributed by atoms with Crippen molar-refractivity contribution in [3.8, 4) is 0 Å². The maximum atomic E-state index is 10.2. The predicted molar refractivity (Wildman–Crippen MR) is 47.6 cm³/mol. The van der Waals surface area contributed by atoms with Crippen LogP contribution in [0.3, 0.4) is 0 Å². The van der Waals surface area contributed by atoms with E-state index >= 15 is 0 Å². The maximum Gasteiger partial charge on any atom is 1.00 e. The molecule has 1 atom stereocenters. The quantitative estimate of drug-likeness (QED) is 0.219. The van der Waals surface area contributed by atoms with E-state index in [-0.39, 0.29) is 29.6 Å². The summed E-state index contributed by atoms with van der Waals surface area (Å²) in [5.41, 5.74) is 0. The van der Waals surface area contributed by atoms with Gasteiger partial charge >= 0.3 is 41.5 Å². The molecule has 1 unspecified atom stereocenters. The smallest absolute Gasteiger partial charge is 0.726 e. The average molecular weight is 318 g/mol. The molecule has 0 aromatic heterocycles. The van der Waals surface area contributed by atoms with Crippen molar-refractivity contribution in [3.05, 3.63) is 0 Å².